The van der Waals surface area contributed by atoms with Gasteiger partial charge in [0.25, 0.3) is 0 Å². The zero-order chi connectivity index (χ0) is 17.1. The van der Waals surface area contributed by atoms with Gasteiger partial charge in [-0.2, -0.15) is 0 Å². The Balaban J connectivity index is 1.42. The molecular formula is C15H16N8OS. The molecule has 0 spiro atoms. The van der Waals surface area contributed by atoms with Gasteiger partial charge in [0.1, 0.15) is 10.7 Å². The molecular weight excluding hydrogens is 340 g/mol. The van der Waals surface area contributed by atoms with Gasteiger partial charge < -0.3 is 5.32 Å². The summed E-state index contributed by atoms with van der Waals surface area (Å²) in [7, 11) is 0. The number of tetrazole rings is 1. The molecule has 128 valence electrons. The highest BCUT2D eigenvalue weighted by atomic mass is 32.1. The predicted molar refractivity (Wildman–Crippen MR) is 89.4 cm³/mol. The summed E-state index contributed by atoms with van der Waals surface area (Å²) in [6.45, 7) is 1.13. The molecule has 1 aliphatic rings. The average Bonchev–Trinajstić information content (AvgIpc) is 3.26. The minimum absolute atomic E-state index is 0.0630. The molecule has 1 N–H and O–H groups in total. The lowest BCUT2D eigenvalue weighted by atomic mass is 10.0. The van der Waals surface area contributed by atoms with Crippen molar-refractivity contribution >= 4 is 17.2 Å². The third-order valence-electron chi connectivity index (χ3n) is 4.08. The molecule has 3 aromatic heterocycles. The summed E-state index contributed by atoms with van der Waals surface area (Å²) in [5.74, 6) is 0.274. The van der Waals surface area contributed by atoms with Gasteiger partial charge in [-0.3, -0.25) is 14.8 Å². The molecule has 0 radical (unpaired) electrons. The number of carbonyl (C=O) groups excluding carboxylic acids is 1. The topological polar surface area (TPSA) is 111 Å². The first-order valence-electron chi connectivity index (χ1n) is 8.06. The molecule has 3 aromatic rings. The smallest absolute Gasteiger partial charge is 0.231 e. The minimum atomic E-state index is -0.310. The number of fused-ring (bicyclic) bond motifs is 1. The summed E-state index contributed by atoms with van der Waals surface area (Å²) < 4.78 is 1.73. The zero-order valence-corrected chi connectivity index (χ0v) is 14.2. The van der Waals surface area contributed by atoms with Gasteiger partial charge >= 0.3 is 0 Å². The molecule has 4 heterocycles. The second kappa shape index (κ2) is 7.01. The number of rotatable bonds is 4. The fourth-order valence-corrected chi connectivity index (χ4v) is 3.60. The summed E-state index contributed by atoms with van der Waals surface area (Å²) in [5, 5.41) is 17.3. The fourth-order valence-electron chi connectivity index (χ4n) is 2.82. The van der Waals surface area contributed by atoms with Gasteiger partial charge in [-0.1, -0.05) is 6.42 Å². The van der Waals surface area contributed by atoms with E-state index in [0.717, 1.165) is 42.2 Å². The standard InChI is InChI=1S/C15H16N8OS/c24-14(11-3-1-2-6-23-13(11)20-21-22-23)18-7-10-9-25-15(19-10)12-8-16-4-5-17-12/h4-5,8-9,11H,1-3,6-7H2,(H,18,24)/t11-/m0/s1. The molecule has 0 aromatic carbocycles. The maximum atomic E-state index is 12.6. The third kappa shape index (κ3) is 3.38. The van der Waals surface area contributed by atoms with Gasteiger partial charge in [-0.05, 0) is 23.3 Å². The first-order valence-corrected chi connectivity index (χ1v) is 8.94. The number of thiazole rings is 1. The van der Waals surface area contributed by atoms with Crippen molar-refractivity contribution in [2.45, 2.75) is 38.3 Å². The van der Waals surface area contributed by atoms with Gasteiger partial charge in [0.2, 0.25) is 5.91 Å². The number of amides is 1. The third-order valence-corrected chi connectivity index (χ3v) is 4.99. The first kappa shape index (κ1) is 15.8. The Morgan fingerprint density at radius 1 is 1.36 bits per heavy atom. The monoisotopic (exact) mass is 356 g/mol. The van der Waals surface area contributed by atoms with Crippen LogP contribution in [0.1, 0.15) is 36.7 Å². The molecule has 25 heavy (non-hydrogen) atoms. The van der Waals surface area contributed by atoms with Crippen molar-refractivity contribution in [2.24, 2.45) is 0 Å². The van der Waals surface area contributed by atoms with E-state index in [1.807, 2.05) is 5.38 Å². The lowest BCUT2D eigenvalue weighted by Crippen LogP contribution is -2.30. The van der Waals surface area contributed by atoms with Crippen LogP contribution in [0.25, 0.3) is 10.7 Å². The molecule has 4 rings (SSSR count). The predicted octanol–water partition coefficient (Wildman–Crippen LogP) is 1.17. The minimum Gasteiger partial charge on any atom is -0.350 e. The van der Waals surface area contributed by atoms with Crippen LogP contribution in [0.3, 0.4) is 0 Å². The van der Waals surface area contributed by atoms with Crippen LogP contribution in [0, 0.1) is 0 Å². The van der Waals surface area contributed by atoms with E-state index in [-0.39, 0.29) is 11.8 Å². The zero-order valence-electron chi connectivity index (χ0n) is 13.4. The maximum absolute atomic E-state index is 12.6. The van der Waals surface area contributed by atoms with E-state index in [4.69, 9.17) is 0 Å². The lowest BCUT2D eigenvalue weighted by Gasteiger charge is -2.12. The second-order valence-electron chi connectivity index (χ2n) is 5.76. The summed E-state index contributed by atoms with van der Waals surface area (Å²) in [5.41, 5.74) is 1.53. The number of hydrogen-bond donors (Lipinski definition) is 1. The largest absolute Gasteiger partial charge is 0.350 e. The Labute approximate surface area is 147 Å². The van der Waals surface area contributed by atoms with Gasteiger partial charge in [0.15, 0.2) is 5.82 Å². The van der Waals surface area contributed by atoms with Gasteiger partial charge in [0, 0.05) is 24.3 Å². The van der Waals surface area contributed by atoms with Crippen molar-refractivity contribution in [1.82, 2.24) is 40.5 Å². The quantitative estimate of drug-likeness (QED) is 0.747. The van der Waals surface area contributed by atoms with E-state index >= 15 is 0 Å². The second-order valence-corrected chi connectivity index (χ2v) is 6.62. The molecule has 0 fully saturated rings. The molecule has 1 atom stereocenters. The molecule has 0 saturated heterocycles. The Kier molecular flexibility index (Phi) is 4.42. The van der Waals surface area contributed by atoms with Crippen molar-refractivity contribution in [1.29, 1.82) is 0 Å². The first-order chi connectivity index (χ1) is 12.3. The number of aryl methyl sites for hydroxylation is 1. The van der Waals surface area contributed by atoms with Crippen LogP contribution in [0.4, 0.5) is 0 Å². The van der Waals surface area contributed by atoms with E-state index in [1.165, 1.54) is 11.3 Å². The van der Waals surface area contributed by atoms with Crippen LogP contribution < -0.4 is 5.32 Å². The highest BCUT2D eigenvalue weighted by Gasteiger charge is 2.28. The van der Waals surface area contributed by atoms with Crippen molar-refractivity contribution in [3.63, 3.8) is 0 Å². The Morgan fingerprint density at radius 2 is 2.32 bits per heavy atom. The van der Waals surface area contributed by atoms with E-state index < -0.39 is 0 Å². The summed E-state index contributed by atoms with van der Waals surface area (Å²) in [6, 6.07) is 0. The van der Waals surface area contributed by atoms with E-state index in [1.54, 1.807) is 23.3 Å². The molecule has 0 aliphatic carbocycles. The SMILES string of the molecule is O=C(NCc1csc(-c2cnccn2)n1)[C@H]1CCCCn2nnnc21. The summed E-state index contributed by atoms with van der Waals surface area (Å²) in [4.78, 5) is 25.4. The van der Waals surface area contributed by atoms with Crippen molar-refractivity contribution in [2.75, 3.05) is 0 Å². The van der Waals surface area contributed by atoms with E-state index in [2.05, 4.69) is 35.8 Å². The molecule has 1 aliphatic heterocycles. The van der Waals surface area contributed by atoms with E-state index in [0.29, 0.717) is 12.4 Å². The molecule has 10 heteroatoms. The van der Waals surface area contributed by atoms with Crippen LogP contribution in [0.2, 0.25) is 0 Å². The maximum Gasteiger partial charge on any atom is 0.231 e. The van der Waals surface area contributed by atoms with Gasteiger partial charge in [0.05, 0.1) is 24.4 Å². The molecule has 9 nitrogen and oxygen atoms in total. The van der Waals surface area contributed by atoms with Crippen LogP contribution in [0.5, 0.6) is 0 Å². The van der Waals surface area contributed by atoms with Gasteiger partial charge in [-0.15, -0.1) is 16.4 Å². The van der Waals surface area contributed by atoms with Crippen LogP contribution in [-0.2, 0) is 17.9 Å². The summed E-state index contributed by atoms with van der Waals surface area (Å²) >= 11 is 1.48. The van der Waals surface area contributed by atoms with Crippen LogP contribution >= 0.6 is 11.3 Å². The number of carbonyl (C=O) groups is 1. The summed E-state index contributed by atoms with van der Waals surface area (Å²) in [6.07, 6.45) is 7.64. The molecule has 0 bridgehead atoms. The van der Waals surface area contributed by atoms with Crippen molar-refractivity contribution < 1.29 is 4.79 Å². The number of nitrogens with zero attached hydrogens (tertiary/aromatic N) is 7. The van der Waals surface area contributed by atoms with Crippen LogP contribution in [0.15, 0.2) is 24.0 Å². The Hall–Kier alpha value is -2.75. The Bertz CT molecular complexity index is 861. The average molecular weight is 356 g/mol. The molecule has 0 saturated carbocycles. The normalized spacial score (nSPS) is 16.9. The lowest BCUT2D eigenvalue weighted by molar-refractivity contribution is -0.123. The molecule has 1 amide bonds. The van der Waals surface area contributed by atoms with Crippen molar-refractivity contribution in [3.8, 4) is 10.7 Å². The molecule has 0 unspecified atom stereocenters. The fraction of sp³-hybridized carbons (Fsp3) is 0.400. The number of nitrogens with one attached hydrogen (secondary N) is 1. The highest BCUT2D eigenvalue weighted by molar-refractivity contribution is 7.13. The van der Waals surface area contributed by atoms with Gasteiger partial charge in [-0.25, -0.2) is 9.67 Å². The number of hydrogen-bond acceptors (Lipinski definition) is 8. The van der Waals surface area contributed by atoms with E-state index in [9.17, 15) is 4.79 Å². The number of aromatic nitrogens is 7. The van der Waals surface area contributed by atoms with Crippen LogP contribution in [-0.4, -0.2) is 41.1 Å². The Morgan fingerprint density at radius 3 is 3.20 bits per heavy atom. The highest BCUT2D eigenvalue weighted by Crippen LogP contribution is 2.24. The van der Waals surface area contributed by atoms with Crippen molar-refractivity contribution in [3.05, 3.63) is 35.5 Å².